The van der Waals surface area contributed by atoms with Crippen LogP contribution in [0.5, 0.6) is 0 Å². The van der Waals surface area contributed by atoms with E-state index in [2.05, 4.69) is 21.3 Å². The molecule has 1 aliphatic rings. The van der Waals surface area contributed by atoms with Crippen LogP contribution in [0.3, 0.4) is 0 Å². The minimum atomic E-state index is -0.758. The third kappa shape index (κ3) is 6.09. The molecular weight excluding hydrogens is 300 g/mol. The number of hydrogen-bond acceptors (Lipinski definition) is 4. The van der Waals surface area contributed by atoms with Crippen LogP contribution in [0.15, 0.2) is 12.2 Å². The van der Waals surface area contributed by atoms with Crippen LogP contribution in [0.25, 0.3) is 0 Å². The monoisotopic (exact) mass is 324 g/mol. The molecule has 0 saturated heterocycles. The van der Waals surface area contributed by atoms with Crippen LogP contribution in [0, 0.1) is 5.92 Å². The Balaban J connectivity index is 2.90. The molecule has 1 aliphatic heterocycles. The fraction of sp³-hybridized carbons (Fsp3) is 0.600. The average molecular weight is 324 g/mol. The summed E-state index contributed by atoms with van der Waals surface area (Å²) in [5, 5.41) is 10.2. The van der Waals surface area contributed by atoms with Crippen LogP contribution in [0.1, 0.15) is 27.7 Å². The van der Waals surface area contributed by atoms with E-state index >= 15 is 0 Å². The van der Waals surface area contributed by atoms with Gasteiger partial charge >= 0.3 is 0 Å². The maximum Gasteiger partial charge on any atom is 0.242 e. The maximum atomic E-state index is 12.0. The summed E-state index contributed by atoms with van der Waals surface area (Å²) in [6, 6.07) is -1.78. The molecule has 4 N–H and O–H groups in total. The summed E-state index contributed by atoms with van der Waals surface area (Å²) in [4.78, 5) is 47.5. The number of amides is 4. The van der Waals surface area contributed by atoms with Crippen molar-refractivity contribution >= 4 is 23.6 Å². The summed E-state index contributed by atoms with van der Waals surface area (Å²) in [5.41, 5.74) is 0. The highest BCUT2D eigenvalue weighted by atomic mass is 16.2. The quantitative estimate of drug-likeness (QED) is 0.420. The highest BCUT2D eigenvalue weighted by Crippen LogP contribution is 2.01. The van der Waals surface area contributed by atoms with Crippen molar-refractivity contribution in [1.29, 1.82) is 0 Å². The number of hydrogen-bond donors (Lipinski definition) is 4. The SMILES string of the molecule is C[C@@H]1/C=C/[C@H](C)NC(=O)[C@@H](C)NC(=O)CNC(=O)[C@H](C)NC1=O. The van der Waals surface area contributed by atoms with Crippen molar-refractivity contribution in [3.63, 3.8) is 0 Å². The Hall–Kier alpha value is -2.38. The molecule has 8 nitrogen and oxygen atoms in total. The van der Waals surface area contributed by atoms with Crippen molar-refractivity contribution in [3.05, 3.63) is 12.2 Å². The molecule has 0 aromatic heterocycles. The molecule has 8 heteroatoms. The van der Waals surface area contributed by atoms with E-state index in [1.807, 2.05) is 0 Å². The Morgan fingerprint density at radius 3 is 2.04 bits per heavy atom. The molecule has 0 radical (unpaired) electrons. The van der Waals surface area contributed by atoms with Gasteiger partial charge in [0.1, 0.15) is 12.1 Å². The standard InChI is InChI=1S/C15H24N4O4/c1-8-5-6-9(2)17-15(23)11(4)18-12(20)7-16-14(22)10(3)19-13(8)21/h5-6,8-11H,7H2,1-4H3,(H,16,22)(H,17,23)(H,18,20)(H,19,21)/b6-5+/t8-,9+,10+,11-/m1/s1. The van der Waals surface area contributed by atoms with Gasteiger partial charge in [0.05, 0.1) is 12.5 Å². The molecular formula is C15H24N4O4. The molecule has 0 unspecified atom stereocenters. The zero-order valence-corrected chi connectivity index (χ0v) is 13.8. The van der Waals surface area contributed by atoms with E-state index in [4.69, 9.17) is 0 Å². The Morgan fingerprint density at radius 1 is 0.783 bits per heavy atom. The van der Waals surface area contributed by atoms with Crippen LogP contribution in [-0.4, -0.2) is 48.3 Å². The molecule has 0 aliphatic carbocycles. The molecule has 1 heterocycles. The van der Waals surface area contributed by atoms with Crippen LogP contribution >= 0.6 is 0 Å². The van der Waals surface area contributed by atoms with Gasteiger partial charge in [-0.2, -0.15) is 0 Å². The molecule has 0 saturated carbocycles. The average Bonchev–Trinajstić information content (AvgIpc) is 2.48. The molecule has 0 spiro atoms. The van der Waals surface area contributed by atoms with Gasteiger partial charge in [0.2, 0.25) is 23.6 Å². The van der Waals surface area contributed by atoms with Crippen molar-refractivity contribution in [2.45, 2.75) is 45.8 Å². The first-order chi connectivity index (χ1) is 10.7. The first-order valence-electron chi connectivity index (χ1n) is 7.57. The second-order valence-electron chi connectivity index (χ2n) is 5.71. The first kappa shape index (κ1) is 18.7. The number of nitrogens with one attached hydrogen (secondary N) is 4. The summed E-state index contributed by atoms with van der Waals surface area (Å²) in [5.74, 6) is -2.06. The van der Waals surface area contributed by atoms with E-state index in [1.165, 1.54) is 6.92 Å². The normalized spacial score (nSPS) is 32.5. The molecule has 4 amide bonds. The third-order valence-corrected chi connectivity index (χ3v) is 3.42. The molecule has 128 valence electrons. The molecule has 0 fully saturated rings. The lowest BCUT2D eigenvalue weighted by molar-refractivity contribution is -0.131. The van der Waals surface area contributed by atoms with Gasteiger partial charge in [-0.15, -0.1) is 0 Å². The van der Waals surface area contributed by atoms with Gasteiger partial charge in [-0.3, -0.25) is 19.2 Å². The molecule has 23 heavy (non-hydrogen) atoms. The Morgan fingerprint density at radius 2 is 1.39 bits per heavy atom. The van der Waals surface area contributed by atoms with E-state index < -0.39 is 29.8 Å². The van der Waals surface area contributed by atoms with Gasteiger partial charge in [0, 0.05) is 6.04 Å². The van der Waals surface area contributed by atoms with Crippen LogP contribution in [-0.2, 0) is 19.2 Å². The number of carbonyl (C=O) groups excluding carboxylic acids is 4. The van der Waals surface area contributed by atoms with Crippen LogP contribution in [0.4, 0.5) is 0 Å². The zero-order chi connectivity index (χ0) is 17.6. The maximum absolute atomic E-state index is 12.0. The van der Waals surface area contributed by atoms with Gasteiger partial charge < -0.3 is 21.3 Å². The Kier molecular flexibility index (Phi) is 6.74. The van der Waals surface area contributed by atoms with E-state index in [-0.39, 0.29) is 24.4 Å². The van der Waals surface area contributed by atoms with Crippen molar-refractivity contribution < 1.29 is 19.2 Å². The Labute approximate surface area is 135 Å². The first-order valence-corrected chi connectivity index (χ1v) is 7.57. The van der Waals surface area contributed by atoms with Crippen LogP contribution < -0.4 is 21.3 Å². The van der Waals surface area contributed by atoms with Gasteiger partial charge in [0.25, 0.3) is 0 Å². The lowest BCUT2D eigenvalue weighted by Crippen LogP contribution is -2.51. The molecule has 4 atom stereocenters. The minimum absolute atomic E-state index is 0.264. The minimum Gasteiger partial charge on any atom is -0.348 e. The predicted molar refractivity (Wildman–Crippen MR) is 84.1 cm³/mol. The van der Waals surface area contributed by atoms with Gasteiger partial charge in [-0.25, -0.2) is 0 Å². The molecule has 0 bridgehead atoms. The van der Waals surface area contributed by atoms with Crippen LogP contribution in [0.2, 0.25) is 0 Å². The topological polar surface area (TPSA) is 116 Å². The van der Waals surface area contributed by atoms with E-state index in [0.29, 0.717) is 0 Å². The number of rotatable bonds is 0. The summed E-state index contributed by atoms with van der Waals surface area (Å²) in [7, 11) is 0. The fourth-order valence-corrected chi connectivity index (χ4v) is 1.91. The van der Waals surface area contributed by atoms with Crippen molar-refractivity contribution in [3.8, 4) is 0 Å². The van der Waals surface area contributed by atoms with Gasteiger partial charge in [-0.1, -0.05) is 19.1 Å². The fourth-order valence-electron chi connectivity index (χ4n) is 1.91. The summed E-state index contributed by atoms with van der Waals surface area (Å²) >= 11 is 0. The largest absolute Gasteiger partial charge is 0.348 e. The molecule has 0 aromatic carbocycles. The summed E-state index contributed by atoms with van der Waals surface area (Å²) in [6.07, 6.45) is 3.36. The summed E-state index contributed by atoms with van der Waals surface area (Å²) < 4.78 is 0. The highest BCUT2D eigenvalue weighted by molar-refractivity contribution is 5.92. The lowest BCUT2D eigenvalue weighted by Gasteiger charge is -2.17. The second kappa shape index (κ2) is 8.30. The van der Waals surface area contributed by atoms with Crippen molar-refractivity contribution in [1.82, 2.24) is 21.3 Å². The second-order valence-corrected chi connectivity index (χ2v) is 5.71. The van der Waals surface area contributed by atoms with Gasteiger partial charge in [-0.05, 0) is 20.8 Å². The predicted octanol–water partition coefficient (Wildman–Crippen LogP) is -1.18. The van der Waals surface area contributed by atoms with E-state index in [0.717, 1.165) is 0 Å². The zero-order valence-electron chi connectivity index (χ0n) is 13.8. The third-order valence-electron chi connectivity index (χ3n) is 3.42. The van der Waals surface area contributed by atoms with Crippen molar-refractivity contribution in [2.75, 3.05) is 6.54 Å². The van der Waals surface area contributed by atoms with E-state index in [1.54, 1.807) is 32.9 Å². The molecule has 1 rings (SSSR count). The van der Waals surface area contributed by atoms with Gasteiger partial charge in [0.15, 0.2) is 0 Å². The lowest BCUT2D eigenvalue weighted by atomic mass is 10.1. The number of carbonyl (C=O) groups is 4. The van der Waals surface area contributed by atoms with E-state index in [9.17, 15) is 19.2 Å². The molecule has 0 aromatic rings. The summed E-state index contributed by atoms with van der Waals surface area (Å²) in [6.45, 7) is 6.28. The smallest absolute Gasteiger partial charge is 0.242 e. The van der Waals surface area contributed by atoms with Crippen molar-refractivity contribution in [2.24, 2.45) is 5.92 Å². The highest BCUT2D eigenvalue weighted by Gasteiger charge is 2.21. The Bertz CT molecular complexity index is 518.